The van der Waals surface area contributed by atoms with Gasteiger partial charge in [0.05, 0.1) is 22.8 Å². The summed E-state index contributed by atoms with van der Waals surface area (Å²) in [4.78, 5) is 14.8. The van der Waals surface area contributed by atoms with E-state index in [2.05, 4.69) is 135 Å². The molecule has 1 N–H and O–H groups in total. The van der Waals surface area contributed by atoms with Crippen LogP contribution in [0.1, 0.15) is 126 Å². The fourth-order valence-corrected chi connectivity index (χ4v) is 6.54. The quantitative estimate of drug-likeness (QED) is 0.288. The van der Waals surface area contributed by atoms with Crippen LogP contribution in [0, 0.1) is 0 Å². The molecule has 5 rings (SSSR count). The standard InChI is InChI=1S/C36H45N3/c1-11-25-26(12-2)32-36(9,10)30-21-15-19-28(38-30)34(5,6)24-17-13-16-23(22-24)33(3,4)27-18-14-20-29(37-27)35(7,8)31(25)39-32/h13-22,39H,11-12H2,1-10H3. The normalized spacial score (nSPS) is 18.5. The lowest BCUT2D eigenvalue weighted by Crippen LogP contribution is -2.29. The Labute approximate surface area is 235 Å². The second-order valence-corrected chi connectivity index (χ2v) is 13.4. The Morgan fingerprint density at radius 2 is 0.846 bits per heavy atom. The fourth-order valence-electron chi connectivity index (χ4n) is 6.54. The molecule has 0 unspecified atom stereocenters. The van der Waals surface area contributed by atoms with E-state index >= 15 is 0 Å². The first-order valence-corrected chi connectivity index (χ1v) is 14.6. The van der Waals surface area contributed by atoms with E-state index in [0.717, 1.165) is 35.6 Å². The molecule has 3 heteroatoms. The number of pyridine rings is 2. The van der Waals surface area contributed by atoms with Gasteiger partial charge in [-0.2, -0.15) is 0 Å². The molecule has 1 aliphatic heterocycles. The van der Waals surface area contributed by atoms with Gasteiger partial charge in [0.2, 0.25) is 0 Å². The smallest absolute Gasteiger partial charge is 0.0522 e. The van der Waals surface area contributed by atoms with E-state index in [1.165, 1.54) is 33.6 Å². The molecule has 3 aromatic heterocycles. The van der Waals surface area contributed by atoms with Crippen molar-refractivity contribution in [1.82, 2.24) is 15.0 Å². The Hall–Kier alpha value is -3.20. The summed E-state index contributed by atoms with van der Waals surface area (Å²) in [5.41, 5.74) is 11.2. The number of nitrogens with one attached hydrogen (secondary N) is 1. The Morgan fingerprint density at radius 3 is 1.21 bits per heavy atom. The third-order valence-electron chi connectivity index (χ3n) is 9.54. The van der Waals surface area contributed by atoms with Crippen LogP contribution in [0.4, 0.5) is 0 Å². The Balaban J connectivity index is 1.89. The van der Waals surface area contributed by atoms with E-state index in [1.807, 2.05) is 0 Å². The van der Waals surface area contributed by atoms with Crippen molar-refractivity contribution in [3.63, 3.8) is 0 Å². The summed E-state index contributed by atoms with van der Waals surface area (Å²) in [6.07, 6.45) is 1.96. The summed E-state index contributed by atoms with van der Waals surface area (Å²) in [5, 5.41) is 0. The number of aromatic amines is 1. The molecule has 0 saturated heterocycles. The molecule has 0 radical (unpaired) electrons. The topological polar surface area (TPSA) is 41.6 Å². The molecular formula is C36H45N3. The van der Waals surface area contributed by atoms with Crippen molar-refractivity contribution in [1.29, 1.82) is 0 Å². The zero-order valence-corrected chi connectivity index (χ0v) is 25.6. The minimum Gasteiger partial charge on any atom is -0.360 e. The van der Waals surface area contributed by atoms with Gasteiger partial charge in [-0.15, -0.1) is 0 Å². The maximum absolute atomic E-state index is 5.39. The second-order valence-electron chi connectivity index (χ2n) is 13.4. The Kier molecular flexibility index (Phi) is 6.44. The van der Waals surface area contributed by atoms with E-state index < -0.39 is 0 Å². The Morgan fingerprint density at radius 1 is 0.513 bits per heavy atom. The number of rotatable bonds is 2. The van der Waals surface area contributed by atoms with Gasteiger partial charge in [0.15, 0.2) is 0 Å². The molecule has 1 aromatic carbocycles. The van der Waals surface area contributed by atoms with E-state index in [-0.39, 0.29) is 21.7 Å². The van der Waals surface area contributed by atoms with Crippen LogP contribution >= 0.6 is 0 Å². The van der Waals surface area contributed by atoms with Gasteiger partial charge in [-0.1, -0.05) is 77.9 Å². The van der Waals surface area contributed by atoms with E-state index in [1.54, 1.807) is 0 Å². The third-order valence-corrected chi connectivity index (χ3v) is 9.54. The molecule has 8 bridgehead atoms. The molecule has 4 aromatic rings. The van der Waals surface area contributed by atoms with Crippen molar-refractivity contribution in [3.05, 3.63) is 117 Å². The number of benzene rings is 1. The summed E-state index contributed by atoms with van der Waals surface area (Å²) in [5.74, 6) is 0. The van der Waals surface area contributed by atoms with Gasteiger partial charge in [0.1, 0.15) is 0 Å². The molecule has 0 spiro atoms. The minimum absolute atomic E-state index is 0.254. The Bertz CT molecular complexity index is 1420. The molecule has 0 fully saturated rings. The van der Waals surface area contributed by atoms with Crippen molar-refractivity contribution in [3.8, 4) is 0 Å². The van der Waals surface area contributed by atoms with Gasteiger partial charge in [-0.3, -0.25) is 9.97 Å². The molecule has 4 heterocycles. The number of fused-ring (bicyclic) bond motifs is 8. The summed E-state index contributed by atoms with van der Waals surface area (Å²) in [7, 11) is 0. The third kappa shape index (κ3) is 4.17. The van der Waals surface area contributed by atoms with Crippen LogP contribution in [0.5, 0.6) is 0 Å². The van der Waals surface area contributed by atoms with Crippen LogP contribution in [-0.2, 0) is 34.5 Å². The van der Waals surface area contributed by atoms with Crippen LogP contribution in [0.25, 0.3) is 0 Å². The van der Waals surface area contributed by atoms with Crippen LogP contribution < -0.4 is 0 Å². The van der Waals surface area contributed by atoms with E-state index in [4.69, 9.17) is 9.97 Å². The molecule has 0 aliphatic carbocycles. The molecule has 204 valence electrons. The van der Waals surface area contributed by atoms with Gasteiger partial charge in [-0.25, -0.2) is 0 Å². The van der Waals surface area contributed by atoms with Crippen molar-refractivity contribution in [2.24, 2.45) is 0 Å². The summed E-state index contributed by atoms with van der Waals surface area (Å²) in [6, 6.07) is 22.2. The van der Waals surface area contributed by atoms with Crippen LogP contribution in [-0.4, -0.2) is 15.0 Å². The fraction of sp³-hybridized carbons (Fsp3) is 0.444. The van der Waals surface area contributed by atoms with Crippen LogP contribution in [0.15, 0.2) is 60.7 Å². The highest BCUT2D eigenvalue weighted by Crippen LogP contribution is 2.43. The lowest BCUT2D eigenvalue weighted by atomic mass is 9.75. The second kappa shape index (κ2) is 9.18. The van der Waals surface area contributed by atoms with E-state index in [0.29, 0.717) is 0 Å². The van der Waals surface area contributed by atoms with Crippen molar-refractivity contribution < 1.29 is 0 Å². The molecular weight excluding hydrogens is 474 g/mol. The average Bonchev–Trinajstić information content (AvgIpc) is 3.33. The SMILES string of the molecule is CCc1c2[nH]c(c1CC)C(C)(C)c1cccc(n1)C(C)(C)c1cccc(c1)C(C)(C)c1cccc(n1)C2(C)C. The van der Waals surface area contributed by atoms with Crippen LogP contribution in [0.3, 0.4) is 0 Å². The lowest BCUT2D eigenvalue weighted by molar-refractivity contribution is 0.541. The highest BCUT2D eigenvalue weighted by molar-refractivity contribution is 5.50. The maximum Gasteiger partial charge on any atom is 0.0522 e. The van der Waals surface area contributed by atoms with Gasteiger partial charge < -0.3 is 4.98 Å². The highest BCUT2D eigenvalue weighted by Gasteiger charge is 2.38. The maximum atomic E-state index is 5.39. The number of hydrogen-bond acceptors (Lipinski definition) is 2. The van der Waals surface area contributed by atoms with Crippen LogP contribution in [0.2, 0.25) is 0 Å². The van der Waals surface area contributed by atoms with Crippen molar-refractivity contribution in [2.75, 3.05) is 0 Å². The lowest BCUT2D eigenvalue weighted by Gasteiger charge is -2.32. The molecule has 39 heavy (non-hydrogen) atoms. The molecule has 0 saturated carbocycles. The summed E-state index contributed by atoms with van der Waals surface area (Å²) < 4.78 is 0. The largest absolute Gasteiger partial charge is 0.360 e. The molecule has 0 amide bonds. The van der Waals surface area contributed by atoms with Gasteiger partial charge in [0.25, 0.3) is 0 Å². The predicted octanol–water partition coefficient (Wildman–Crippen LogP) is 8.55. The summed E-state index contributed by atoms with van der Waals surface area (Å²) >= 11 is 0. The molecule has 0 atom stereocenters. The van der Waals surface area contributed by atoms with E-state index in [9.17, 15) is 0 Å². The molecule has 1 aliphatic rings. The molecule has 3 nitrogen and oxygen atoms in total. The number of nitrogens with zero attached hydrogens (tertiary/aromatic N) is 2. The van der Waals surface area contributed by atoms with Crippen molar-refractivity contribution in [2.45, 2.75) is 104 Å². The minimum atomic E-state index is -0.286. The van der Waals surface area contributed by atoms with Crippen molar-refractivity contribution >= 4 is 0 Å². The first-order valence-electron chi connectivity index (χ1n) is 14.6. The number of H-pyrrole nitrogens is 1. The average molecular weight is 520 g/mol. The van der Waals surface area contributed by atoms with Gasteiger partial charge >= 0.3 is 0 Å². The zero-order chi connectivity index (χ0) is 28.4. The first-order chi connectivity index (χ1) is 18.3. The summed E-state index contributed by atoms with van der Waals surface area (Å²) in [6.45, 7) is 23.0. The first kappa shape index (κ1) is 27.4. The highest BCUT2D eigenvalue weighted by atomic mass is 14.9. The van der Waals surface area contributed by atoms with Gasteiger partial charge in [0, 0.05) is 33.0 Å². The monoisotopic (exact) mass is 519 g/mol. The number of hydrogen-bond donors (Lipinski definition) is 1. The zero-order valence-electron chi connectivity index (χ0n) is 25.6. The van der Waals surface area contributed by atoms with Gasteiger partial charge in [-0.05, 0) is 87.1 Å². The number of aromatic nitrogens is 3. The predicted molar refractivity (Wildman–Crippen MR) is 163 cm³/mol.